The number of halogens is 1. The Kier molecular flexibility index (Phi) is 11.2. The zero-order valence-corrected chi connectivity index (χ0v) is 24.1. The van der Waals surface area contributed by atoms with E-state index in [1.54, 1.807) is 36.4 Å². The number of urea groups is 1. The van der Waals surface area contributed by atoms with Gasteiger partial charge in [-0.15, -0.1) is 5.10 Å². The molecule has 1 atom stereocenters. The maximum Gasteiger partial charge on any atom is 0.319 e. The van der Waals surface area contributed by atoms with E-state index in [9.17, 15) is 14.4 Å². The number of anilines is 2. The standard InChI is InChI=1S/C30H31ClN8O4/c1-43-29(41)15-16-32-30(42)36-25-11-9-24(10-12-25)33-19-26(17-21-5-3-2-4-6-21)35-28(40)14-7-22-18-23(31)8-13-27(22)39-20-34-37-38-39/h2-14,18,20,26,33H,15-17,19H2,1H3,(H,35,40)(H2,32,36,42)/b14-7+/t26-/m0/s1. The summed E-state index contributed by atoms with van der Waals surface area (Å²) in [4.78, 5) is 36.2. The van der Waals surface area contributed by atoms with Crippen molar-refractivity contribution in [2.24, 2.45) is 0 Å². The Morgan fingerprint density at radius 1 is 1.02 bits per heavy atom. The third kappa shape index (κ3) is 9.97. The molecule has 1 heterocycles. The Morgan fingerprint density at radius 3 is 2.51 bits per heavy atom. The number of nitrogens with zero attached hydrogens (tertiary/aromatic N) is 4. The van der Waals surface area contributed by atoms with Crippen molar-refractivity contribution in [2.45, 2.75) is 18.9 Å². The van der Waals surface area contributed by atoms with Crippen LogP contribution in [0.25, 0.3) is 11.8 Å². The lowest BCUT2D eigenvalue weighted by Crippen LogP contribution is -2.40. The van der Waals surface area contributed by atoms with Crippen molar-refractivity contribution in [3.63, 3.8) is 0 Å². The van der Waals surface area contributed by atoms with Gasteiger partial charge in [0, 0.05) is 41.1 Å². The lowest BCUT2D eigenvalue weighted by atomic mass is 10.1. The number of carbonyl (C=O) groups excluding carboxylic acids is 3. The van der Waals surface area contributed by atoms with Gasteiger partial charge >= 0.3 is 12.0 Å². The number of hydrogen-bond acceptors (Lipinski definition) is 8. The second kappa shape index (κ2) is 15.7. The second-order valence-corrected chi connectivity index (χ2v) is 9.79. The van der Waals surface area contributed by atoms with Crippen LogP contribution in [0.2, 0.25) is 5.02 Å². The Balaban J connectivity index is 1.36. The van der Waals surface area contributed by atoms with Crippen molar-refractivity contribution in [1.29, 1.82) is 0 Å². The molecule has 0 bridgehead atoms. The van der Waals surface area contributed by atoms with Crippen molar-refractivity contribution < 1.29 is 19.1 Å². The predicted octanol–water partition coefficient (Wildman–Crippen LogP) is 3.85. The van der Waals surface area contributed by atoms with Crippen LogP contribution in [0.5, 0.6) is 0 Å². The van der Waals surface area contributed by atoms with Gasteiger partial charge in [0.1, 0.15) is 6.33 Å². The molecule has 4 N–H and O–H groups in total. The molecular formula is C30H31ClN8O4. The number of carbonyl (C=O) groups is 3. The first kappa shape index (κ1) is 30.7. The minimum absolute atomic E-state index is 0.0889. The molecule has 12 nitrogen and oxygen atoms in total. The van der Waals surface area contributed by atoms with Crippen LogP contribution in [0.3, 0.4) is 0 Å². The molecule has 0 radical (unpaired) electrons. The number of aromatic nitrogens is 4. The summed E-state index contributed by atoms with van der Waals surface area (Å²) >= 11 is 6.19. The molecule has 0 aliphatic heterocycles. The molecule has 0 fully saturated rings. The quantitative estimate of drug-likeness (QED) is 0.133. The molecule has 0 aliphatic carbocycles. The smallest absolute Gasteiger partial charge is 0.319 e. The number of hydrogen-bond donors (Lipinski definition) is 4. The topological polar surface area (TPSA) is 152 Å². The number of esters is 1. The van der Waals surface area contributed by atoms with E-state index in [1.165, 1.54) is 24.2 Å². The van der Waals surface area contributed by atoms with Crippen molar-refractivity contribution >= 4 is 47.0 Å². The molecule has 3 aromatic carbocycles. The highest BCUT2D eigenvalue weighted by atomic mass is 35.5. The molecule has 0 aliphatic rings. The highest BCUT2D eigenvalue weighted by Crippen LogP contribution is 2.20. The van der Waals surface area contributed by atoms with Gasteiger partial charge in [-0.3, -0.25) is 9.59 Å². The first-order chi connectivity index (χ1) is 20.9. The highest BCUT2D eigenvalue weighted by Gasteiger charge is 2.13. The van der Waals surface area contributed by atoms with Crippen molar-refractivity contribution in [3.05, 3.63) is 101 Å². The SMILES string of the molecule is COC(=O)CCNC(=O)Nc1ccc(NC[C@H](Cc2ccccc2)NC(=O)/C=C/c2cc(Cl)ccc2-n2cnnn2)cc1. The number of methoxy groups -OCH3 is 1. The van der Waals surface area contributed by atoms with Gasteiger partial charge in [0.25, 0.3) is 0 Å². The lowest BCUT2D eigenvalue weighted by molar-refractivity contribution is -0.140. The number of nitrogens with one attached hydrogen (secondary N) is 4. The van der Waals surface area contributed by atoms with Crippen LogP contribution in [0.4, 0.5) is 16.2 Å². The van der Waals surface area contributed by atoms with Gasteiger partial charge in [-0.2, -0.15) is 4.68 Å². The fraction of sp³-hybridized carbons (Fsp3) is 0.200. The average Bonchev–Trinajstić information content (AvgIpc) is 3.55. The van der Waals surface area contributed by atoms with Crippen LogP contribution in [0.1, 0.15) is 17.5 Å². The summed E-state index contributed by atoms with van der Waals surface area (Å²) < 4.78 is 6.05. The third-order valence-electron chi connectivity index (χ3n) is 6.21. The zero-order chi connectivity index (χ0) is 30.4. The van der Waals surface area contributed by atoms with Crippen molar-refractivity contribution in [1.82, 2.24) is 30.8 Å². The van der Waals surface area contributed by atoms with Crippen LogP contribution in [-0.2, 0) is 20.7 Å². The van der Waals surface area contributed by atoms with E-state index in [0.29, 0.717) is 34.9 Å². The number of tetrazole rings is 1. The minimum atomic E-state index is -0.425. The molecule has 1 aromatic heterocycles. The molecule has 0 saturated carbocycles. The fourth-order valence-electron chi connectivity index (χ4n) is 4.09. The van der Waals surface area contributed by atoms with E-state index in [-0.39, 0.29) is 24.9 Å². The summed E-state index contributed by atoms with van der Waals surface area (Å²) in [6.45, 7) is 0.615. The van der Waals surface area contributed by atoms with Crippen molar-refractivity contribution in [2.75, 3.05) is 30.8 Å². The van der Waals surface area contributed by atoms with E-state index >= 15 is 0 Å². The number of ether oxygens (including phenoxy) is 1. The first-order valence-corrected chi connectivity index (χ1v) is 13.8. The molecule has 0 unspecified atom stereocenters. The molecular weight excluding hydrogens is 572 g/mol. The predicted molar refractivity (Wildman–Crippen MR) is 164 cm³/mol. The monoisotopic (exact) mass is 602 g/mol. The van der Waals surface area contributed by atoms with E-state index in [1.807, 2.05) is 42.5 Å². The number of benzene rings is 3. The molecule has 13 heteroatoms. The molecule has 4 rings (SSSR count). The van der Waals surface area contributed by atoms with Gasteiger partial charge < -0.3 is 26.0 Å². The second-order valence-electron chi connectivity index (χ2n) is 9.35. The van der Waals surface area contributed by atoms with Gasteiger partial charge in [0.15, 0.2) is 0 Å². The van der Waals surface area contributed by atoms with Gasteiger partial charge in [-0.05, 0) is 71.0 Å². The zero-order valence-electron chi connectivity index (χ0n) is 23.4. The molecule has 4 aromatic rings. The van der Waals surface area contributed by atoms with E-state index in [4.69, 9.17) is 11.6 Å². The maximum absolute atomic E-state index is 13.0. The van der Waals surface area contributed by atoms with Crippen LogP contribution in [0, 0.1) is 0 Å². The summed E-state index contributed by atoms with van der Waals surface area (Å²) in [5.41, 5.74) is 3.83. The van der Waals surface area contributed by atoms with Gasteiger partial charge in [0.05, 0.1) is 25.3 Å². The summed E-state index contributed by atoms with van der Waals surface area (Å²) in [7, 11) is 1.30. The summed E-state index contributed by atoms with van der Waals surface area (Å²) in [5, 5.41) is 23.5. The normalized spacial score (nSPS) is 11.5. The number of rotatable bonds is 13. The summed E-state index contributed by atoms with van der Waals surface area (Å²) in [5.74, 6) is -0.673. The molecule has 0 spiro atoms. The third-order valence-corrected chi connectivity index (χ3v) is 6.44. The molecule has 0 saturated heterocycles. The Labute approximate surface area is 253 Å². The Morgan fingerprint density at radius 2 is 1.79 bits per heavy atom. The van der Waals surface area contributed by atoms with E-state index in [2.05, 4.69) is 41.5 Å². The van der Waals surface area contributed by atoms with E-state index in [0.717, 1.165) is 11.3 Å². The summed E-state index contributed by atoms with van der Waals surface area (Å²) in [6, 6.07) is 21.6. The van der Waals surface area contributed by atoms with Crippen LogP contribution in [-0.4, -0.2) is 64.4 Å². The van der Waals surface area contributed by atoms with Crippen molar-refractivity contribution in [3.8, 4) is 5.69 Å². The van der Waals surface area contributed by atoms with E-state index < -0.39 is 12.0 Å². The first-order valence-electron chi connectivity index (χ1n) is 13.4. The van der Waals surface area contributed by atoms with Crippen LogP contribution < -0.4 is 21.3 Å². The lowest BCUT2D eigenvalue weighted by Gasteiger charge is -2.20. The Bertz CT molecular complexity index is 1530. The molecule has 3 amide bonds. The van der Waals surface area contributed by atoms with Gasteiger partial charge in [-0.25, -0.2) is 4.79 Å². The van der Waals surface area contributed by atoms with Gasteiger partial charge in [0.2, 0.25) is 5.91 Å². The average molecular weight is 603 g/mol. The maximum atomic E-state index is 13.0. The largest absolute Gasteiger partial charge is 0.469 e. The molecule has 222 valence electrons. The van der Waals surface area contributed by atoms with Crippen LogP contribution >= 0.6 is 11.6 Å². The molecule has 43 heavy (non-hydrogen) atoms. The van der Waals surface area contributed by atoms with Gasteiger partial charge in [-0.1, -0.05) is 41.9 Å². The van der Waals surface area contributed by atoms with Crippen LogP contribution in [0.15, 0.2) is 85.2 Å². The summed E-state index contributed by atoms with van der Waals surface area (Å²) in [6.07, 6.45) is 5.28. The highest BCUT2D eigenvalue weighted by molar-refractivity contribution is 6.30. The number of amides is 3. The Hall–Kier alpha value is -5.23. The fourth-order valence-corrected chi connectivity index (χ4v) is 4.28. The minimum Gasteiger partial charge on any atom is -0.469 e.